The number of hydrogen-bond acceptors (Lipinski definition) is 4. The third kappa shape index (κ3) is 5.98. The number of anilines is 1. The Balaban J connectivity index is 1.44. The summed E-state index contributed by atoms with van der Waals surface area (Å²) >= 11 is 0. The fourth-order valence-corrected chi connectivity index (χ4v) is 3.74. The molecule has 0 saturated heterocycles. The number of aliphatic hydroxyl groups is 1. The second-order valence-electron chi connectivity index (χ2n) is 8.02. The summed E-state index contributed by atoms with van der Waals surface area (Å²) in [6.07, 6.45) is -0.606. The van der Waals surface area contributed by atoms with Crippen molar-refractivity contribution < 1.29 is 14.6 Å². The summed E-state index contributed by atoms with van der Waals surface area (Å²) in [5.74, 6) is 0.430. The molecule has 0 aliphatic heterocycles. The molecule has 168 valence electrons. The molecule has 0 aromatic heterocycles. The Morgan fingerprint density at radius 3 is 2.42 bits per heavy atom. The van der Waals surface area contributed by atoms with E-state index < -0.39 is 6.10 Å². The molecule has 0 fully saturated rings. The molecule has 4 rings (SSSR count). The monoisotopic (exact) mass is 440 g/mol. The lowest BCUT2D eigenvalue weighted by atomic mass is 10.0. The predicted molar refractivity (Wildman–Crippen MR) is 132 cm³/mol. The summed E-state index contributed by atoms with van der Waals surface area (Å²) < 4.78 is 5.93. The normalized spacial score (nSPS) is 11.8. The Bertz CT molecular complexity index is 1210. The number of amides is 1. The van der Waals surface area contributed by atoms with E-state index in [1.165, 1.54) is 0 Å². The van der Waals surface area contributed by atoms with Crippen LogP contribution in [0.5, 0.6) is 5.75 Å². The van der Waals surface area contributed by atoms with E-state index in [2.05, 4.69) is 10.6 Å². The fourth-order valence-electron chi connectivity index (χ4n) is 3.74. The highest BCUT2D eigenvalue weighted by Gasteiger charge is 2.13. The van der Waals surface area contributed by atoms with Gasteiger partial charge in [0.05, 0.1) is 6.10 Å². The van der Waals surface area contributed by atoms with E-state index in [1.807, 2.05) is 97.9 Å². The van der Waals surface area contributed by atoms with Crippen molar-refractivity contribution >= 4 is 22.4 Å². The van der Waals surface area contributed by atoms with Crippen LogP contribution in [0.3, 0.4) is 0 Å². The molecule has 4 aromatic rings. The van der Waals surface area contributed by atoms with Gasteiger partial charge >= 0.3 is 0 Å². The van der Waals surface area contributed by atoms with E-state index in [9.17, 15) is 9.90 Å². The summed E-state index contributed by atoms with van der Waals surface area (Å²) in [6, 6.07) is 29.2. The van der Waals surface area contributed by atoms with E-state index in [0.717, 1.165) is 33.2 Å². The third-order valence-corrected chi connectivity index (χ3v) is 5.52. The van der Waals surface area contributed by atoms with Gasteiger partial charge in [0.15, 0.2) is 6.61 Å². The maximum absolute atomic E-state index is 12.4. The lowest BCUT2D eigenvalue weighted by Crippen LogP contribution is -2.23. The number of nitrogens with one attached hydrogen (secondary N) is 2. The van der Waals surface area contributed by atoms with Gasteiger partial charge < -0.3 is 20.5 Å². The van der Waals surface area contributed by atoms with Crippen LogP contribution in [0.4, 0.5) is 5.69 Å². The summed E-state index contributed by atoms with van der Waals surface area (Å²) in [5.41, 5.74) is 3.70. The molecule has 0 saturated carbocycles. The molecule has 0 spiro atoms. The van der Waals surface area contributed by atoms with E-state index in [4.69, 9.17) is 4.74 Å². The van der Waals surface area contributed by atoms with Gasteiger partial charge in [0.1, 0.15) is 5.75 Å². The van der Waals surface area contributed by atoms with Gasteiger partial charge in [-0.3, -0.25) is 4.79 Å². The minimum absolute atomic E-state index is 0.0914. The van der Waals surface area contributed by atoms with E-state index in [0.29, 0.717) is 18.8 Å². The lowest BCUT2D eigenvalue weighted by molar-refractivity contribution is -0.118. The van der Waals surface area contributed by atoms with Crippen molar-refractivity contribution in [3.63, 3.8) is 0 Å². The van der Waals surface area contributed by atoms with Gasteiger partial charge in [0, 0.05) is 24.3 Å². The van der Waals surface area contributed by atoms with Crippen molar-refractivity contribution in [1.82, 2.24) is 5.32 Å². The van der Waals surface area contributed by atoms with Crippen LogP contribution >= 0.6 is 0 Å². The van der Waals surface area contributed by atoms with Gasteiger partial charge in [-0.25, -0.2) is 0 Å². The maximum atomic E-state index is 12.4. The molecule has 33 heavy (non-hydrogen) atoms. The first-order chi connectivity index (χ1) is 16.1. The molecule has 5 heteroatoms. The van der Waals surface area contributed by atoms with Crippen molar-refractivity contribution in [2.75, 3.05) is 18.5 Å². The molecule has 0 aliphatic carbocycles. The molecule has 5 nitrogen and oxygen atoms in total. The highest BCUT2D eigenvalue weighted by Crippen LogP contribution is 2.28. The Labute approximate surface area is 194 Å². The zero-order valence-electron chi connectivity index (χ0n) is 18.6. The standard InChI is InChI=1S/C28H28N2O3/c1-20-11-14-23(15-12-20)30-28(32)19-33-27-16-13-21-7-5-6-10-24(21)25(27)17-29-18-26(31)22-8-3-2-4-9-22/h2-16,26,29,31H,17-19H2,1H3,(H,30,32)/t26-/m1/s1. The van der Waals surface area contributed by atoms with Crippen molar-refractivity contribution in [3.8, 4) is 5.75 Å². The fraction of sp³-hybridized carbons (Fsp3) is 0.179. The van der Waals surface area contributed by atoms with Crippen molar-refractivity contribution in [2.24, 2.45) is 0 Å². The van der Waals surface area contributed by atoms with E-state index >= 15 is 0 Å². The van der Waals surface area contributed by atoms with Gasteiger partial charge in [0.25, 0.3) is 5.91 Å². The molecular weight excluding hydrogens is 412 g/mol. The number of hydrogen-bond donors (Lipinski definition) is 3. The minimum atomic E-state index is -0.606. The average Bonchev–Trinajstić information content (AvgIpc) is 2.85. The number of ether oxygens (including phenoxy) is 1. The molecule has 1 amide bonds. The molecule has 3 N–H and O–H groups in total. The van der Waals surface area contributed by atoms with Gasteiger partial charge in [-0.2, -0.15) is 0 Å². The number of benzene rings is 4. The Morgan fingerprint density at radius 2 is 1.64 bits per heavy atom. The minimum Gasteiger partial charge on any atom is -0.483 e. The summed E-state index contributed by atoms with van der Waals surface area (Å²) in [4.78, 5) is 12.4. The smallest absolute Gasteiger partial charge is 0.262 e. The molecular formula is C28H28N2O3. The summed E-state index contributed by atoms with van der Waals surface area (Å²) in [6.45, 7) is 2.81. The first kappa shape index (κ1) is 22.5. The number of rotatable bonds is 9. The van der Waals surface area contributed by atoms with Crippen LogP contribution in [0.2, 0.25) is 0 Å². The molecule has 0 heterocycles. The van der Waals surface area contributed by atoms with Crippen molar-refractivity contribution in [1.29, 1.82) is 0 Å². The molecule has 4 aromatic carbocycles. The molecule has 0 radical (unpaired) electrons. The number of aryl methyl sites for hydroxylation is 1. The number of carbonyl (C=O) groups is 1. The number of carbonyl (C=O) groups excluding carboxylic acids is 1. The number of aliphatic hydroxyl groups excluding tert-OH is 1. The highest BCUT2D eigenvalue weighted by atomic mass is 16.5. The maximum Gasteiger partial charge on any atom is 0.262 e. The Morgan fingerprint density at radius 1 is 0.909 bits per heavy atom. The largest absolute Gasteiger partial charge is 0.483 e. The predicted octanol–water partition coefficient (Wildman–Crippen LogP) is 4.99. The Kier molecular flexibility index (Phi) is 7.35. The zero-order chi connectivity index (χ0) is 23.0. The molecule has 0 aliphatic rings. The number of fused-ring (bicyclic) bond motifs is 1. The van der Waals surface area contributed by atoms with Gasteiger partial charge in [-0.1, -0.05) is 78.4 Å². The average molecular weight is 441 g/mol. The zero-order valence-corrected chi connectivity index (χ0v) is 18.6. The van der Waals surface area contributed by atoms with Gasteiger partial charge in [0.2, 0.25) is 0 Å². The van der Waals surface area contributed by atoms with Crippen LogP contribution in [-0.4, -0.2) is 24.2 Å². The van der Waals surface area contributed by atoms with Gasteiger partial charge in [-0.15, -0.1) is 0 Å². The van der Waals surface area contributed by atoms with Crippen LogP contribution in [-0.2, 0) is 11.3 Å². The molecule has 0 bridgehead atoms. The van der Waals surface area contributed by atoms with E-state index in [1.54, 1.807) is 0 Å². The van der Waals surface area contributed by atoms with Crippen LogP contribution in [0.15, 0.2) is 91.0 Å². The second-order valence-corrected chi connectivity index (χ2v) is 8.02. The van der Waals surface area contributed by atoms with Crippen LogP contribution in [0, 0.1) is 6.92 Å². The highest BCUT2D eigenvalue weighted by molar-refractivity contribution is 5.92. The van der Waals surface area contributed by atoms with Crippen LogP contribution < -0.4 is 15.4 Å². The van der Waals surface area contributed by atoms with Gasteiger partial charge in [-0.05, 0) is 41.5 Å². The summed E-state index contributed by atoms with van der Waals surface area (Å²) in [7, 11) is 0. The van der Waals surface area contributed by atoms with Crippen molar-refractivity contribution in [2.45, 2.75) is 19.6 Å². The van der Waals surface area contributed by atoms with Crippen LogP contribution in [0.1, 0.15) is 22.8 Å². The summed E-state index contributed by atoms with van der Waals surface area (Å²) in [5, 5.41) is 18.8. The molecule has 0 unspecified atom stereocenters. The first-order valence-electron chi connectivity index (χ1n) is 11.0. The lowest BCUT2D eigenvalue weighted by Gasteiger charge is -2.17. The van der Waals surface area contributed by atoms with E-state index in [-0.39, 0.29) is 12.5 Å². The van der Waals surface area contributed by atoms with Crippen molar-refractivity contribution in [3.05, 3.63) is 108 Å². The SMILES string of the molecule is Cc1ccc(NC(=O)COc2ccc3ccccc3c2CNC[C@@H](O)c2ccccc2)cc1. The first-order valence-corrected chi connectivity index (χ1v) is 11.0. The Hall–Kier alpha value is -3.67. The topological polar surface area (TPSA) is 70.6 Å². The second kappa shape index (κ2) is 10.8. The quantitative estimate of drug-likeness (QED) is 0.343. The third-order valence-electron chi connectivity index (χ3n) is 5.52. The molecule has 1 atom stereocenters. The van der Waals surface area contributed by atoms with Crippen LogP contribution in [0.25, 0.3) is 10.8 Å².